The van der Waals surface area contributed by atoms with Crippen molar-refractivity contribution in [3.05, 3.63) is 47.7 Å². The minimum Gasteiger partial charge on any atom is -0.475 e. The van der Waals surface area contributed by atoms with Crippen LogP contribution in [0.3, 0.4) is 0 Å². The molecule has 4 N–H and O–H groups in total. The molecule has 0 atom stereocenters. The number of urea groups is 1. The van der Waals surface area contributed by atoms with Crippen molar-refractivity contribution in [2.45, 2.75) is 69.8 Å². The fraction of sp³-hybridized carbons (Fsp3) is 0.536. The third-order valence-electron chi connectivity index (χ3n) is 7.57. The van der Waals surface area contributed by atoms with Crippen LogP contribution in [0.1, 0.15) is 71.7 Å². The molecule has 2 saturated carbocycles. The Labute approximate surface area is 246 Å². The number of amides is 4. The first-order chi connectivity index (χ1) is 20.5. The molecule has 234 valence electrons. The Kier molecular flexibility index (Phi) is 10.6. The number of nitrogens with one attached hydrogen (secondary N) is 3. The summed E-state index contributed by atoms with van der Waals surface area (Å²) in [5, 5.41) is 15.9. The summed E-state index contributed by atoms with van der Waals surface area (Å²) in [6.45, 7) is 3.08. The Hall–Kier alpha value is -4.14. The van der Waals surface area contributed by atoms with Gasteiger partial charge in [0.15, 0.2) is 5.69 Å². The highest BCUT2D eigenvalue weighted by atomic mass is 19.4. The van der Waals surface area contributed by atoms with Crippen molar-refractivity contribution in [2.75, 3.05) is 31.5 Å². The van der Waals surface area contributed by atoms with E-state index in [2.05, 4.69) is 25.8 Å². The number of carboxylic acids is 1. The average molecular weight is 609 g/mol. The molecule has 3 fully saturated rings. The third-order valence-corrected chi connectivity index (χ3v) is 7.57. The van der Waals surface area contributed by atoms with E-state index in [0.717, 1.165) is 44.9 Å². The normalized spacial score (nSPS) is 17.8. The molecular formula is C28H35F3N6O6. The summed E-state index contributed by atoms with van der Waals surface area (Å²) >= 11 is 0. The predicted molar refractivity (Wildman–Crippen MR) is 147 cm³/mol. The van der Waals surface area contributed by atoms with Crippen LogP contribution < -0.4 is 16.0 Å². The Balaban J connectivity index is 0.000000541. The van der Waals surface area contributed by atoms with Gasteiger partial charge in [-0.25, -0.2) is 14.6 Å². The van der Waals surface area contributed by atoms with Gasteiger partial charge in [0, 0.05) is 49.5 Å². The van der Waals surface area contributed by atoms with E-state index in [1.165, 1.54) is 6.26 Å². The van der Waals surface area contributed by atoms with Crippen LogP contribution in [0, 0.1) is 0 Å². The summed E-state index contributed by atoms with van der Waals surface area (Å²) < 4.78 is 37.3. The molecule has 1 aromatic heterocycles. The van der Waals surface area contributed by atoms with E-state index in [1.54, 1.807) is 24.3 Å². The number of carboxylic acid groups (broad SMARTS) is 1. The lowest BCUT2D eigenvalue weighted by atomic mass is 9.93. The Bertz CT molecular complexity index is 1270. The fourth-order valence-corrected chi connectivity index (χ4v) is 4.90. The second-order valence-corrected chi connectivity index (χ2v) is 10.8. The van der Waals surface area contributed by atoms with Gasteiger partial charge < -0.3 is 30.4 Å². The van der Waals surface area contributed by atoms with E-state index in [9.17, 15) is 27.6 Å². The quantitative estimate of drug-likeness (QED) is 0.371. The molecule has 12 nitrogen and oxygen atoms in total. The zero-order valence-corrected chi connectivity index (χ0v) is 23.5. The topological polar surface area (TPSA) is 157 Å². The van der Waals surface area contributed by atoms with Gasteiger partial charge in [-0.3, -0.25) is 14.5 Å². The zero-order valence-electron chi connectivity index (χ0n) is 23.5. The number of aromatic nitrogens is 1. The second-order valence-electron chi connectivity index (χ2n) is 10.8. The Morgan fingerprint density at radius 1 is 0.907 bits per heavy atom. The van der Waals surface area contributed by atoms with E-state index in [0.29, 0.717) is 55.6 Å². The maximum absolute atomic E-state index is 12.9. The highest BCUT2D eigenvalue weighted by molar-refractivity contribution is 5.95. The molecule has 1 saturated heterocycles. The number of piperazine rings is 1. The van der Waals surface area contributed by atoms with Crippen LogP contribution in [-0.4, -0.2) is 88.1 Å². The van der Waals surface area contributed by atoms with E-state index < -0.39 is 12.1 Å². The summed E-state index contributed by atoms with van der Waals surface area (Å²) in [6, 6.07) is 7.32. The molecule has 0 radical (unpaired) electrons. The van der Waals surface area contributed by atoms with Crippen LogP contribution in [0.2, 0.25) is 0 Å². The lowest BCUT2D eigenvalue weighted by Crippen LogP contribution is -2.48. The SMILES string of the molecule is O=C(Nc1ccc(C(=O)N2CCN(Cc3nc(C(=O)NC4CCCC4)co3)CC2)cc1)NC1CCC1.O=C(O)C(F)(F)F. The minimum atomic E-state index is -5.08. The molecule has 5 rings (SSSR count). The van der Waals surface area contributed by atoms with Crippen LogP contribution >= 0.6 is 0 Å². The number of carbonyl (C=O) groups is 4. The van der Waals surface area contributed by atoms with Crippen LogP contribution in [0.4, 0.5) is 23.7 Å². The predicted octanol–water partition coefficient (Wildman–Crippen LogP) is 3.61. The maximum atomic E-state index is 12.9. The highest BCUT2D eigenvalue weighted by Gasteiger charge is 2.38. The summed E-state index contributed by atoms with van der Waals surface area (Å²) in [5.74, 6) is -2.45. The molecule has 15 heteroatoms. The van der Waals surface area contributed by atoms with Crippen LogP contribution in [0.15, 0.2) is 34.9 Å². The number of oxazole rings is 1. The van der Waals surface area contributed by atoms with Gasteiger partial charge in [-0.05, 0) is 56.4 Å². The monoisotopic (exact) mass is 608 g/mol. The zero-order chi connectivity index (χ0) is 31.0. The number of hydrogen-bond donors (Lipinski definition) is 4. The van der Waals surface area contributed by atoms with Crippen molar-refractivity contribution in [1.82, 2.24) is 25.4 Å². The number of carbonyl (C=O) groups excluding carboxylic acids is 3. The first-order valence-corrected chi connectivity index (χ1v) is 14.2. The maximum Gasteiger partial charge on any atom is 0.490 e. The van der Waals surface area contributed by atoms with Crippen molar-refractivity contribution < 1.29 is 41.9 Å². The number of benzene rings is 1. The summed E-state index contributed by atoms with van der Waals surface area (Å²) in [6.07, 6.45) is 3.94. The van der Waals surface area contributed by atoms with Crippen molar-refractivity contribution in [1.29, 1.82) is 0 Å². The molecule has 2 aromatic rings. The number of nitrogens with zero attached hydrogens (tertiary/aromatic N) is 3. The van der Waals surface area contributed by atoms with Gasteiger partial charge in [0.05, 0.1) is 6.54 Å². The number of aliphatic carboxylic acids is 1. The Morgan fingerprint density at radius 3 is 2.05 bits per heavy atom. The average Bonchev–Trinajstić information content (AvgIpc) is 3.64. The second kappa shape index (κ2) is 14.4. The first kappa shape index (κ1) is 31.8. The van der Waals surface area contributed by atoms with Crippen molar-refractivity contribution >= 4 is 29.5 Å². The number of halogens is 3. The smallest absolute Gasteiger partial charge is 0.475 e. The molecule has 3 aliphatic rings. The number of rotatable bonds is 7. The van der Waals surface area contributed by atoms with Gasteiger partial charge in [-0.1, -0.05) is 12.8 Å². The lowest BCUT2D eigenvalue weighted by Gasteiger charge is -2.34. The van der Waals surface area contributed by atoms with Gasteiger partial charge in [-0.15, -0.1) is 0 Å². The van der Waals surface area contributed by atoms with Gasteiger partial charge >= 0.3 is 18.2 Å². The third kappa shape index (κ3) is 9.43. The molecule has 1 aromatic carbocycles. The van der Waals surface area contributed by atoms with Gasteiger partial charge in [-0.2, -0.15) is 13.2 Å². The van der Waals surface area contributed by atoms with Crippen LogP contribution in [0.5, 0.6) is 0 Å². The molecule has 0 bridgehead atoms. The minimum absolute atomic E-state index is 0.0258. The van der Waals surface area contributed by atoms with Crippen LogP contribution in [-0.2, 0) is 11.3 Å². The molecule has 2 heterocycles. The number of alkyl halides is 3. The van der Waals surface area contributed by atoms with Crippen molar-refractivity contribution in [3.63, 3.8) is 0 Å². The molecule has 0 unspecified atom stereocenters. The number of hydrogen-bond acceptors (Lipinski definition) is 7. The van der Waals surface area contributed by atoms with E-state index >= 15 is 0 Å². The molecule has 0 spiro atoms. The summed E-state index contributed by atoms with van der Waals surface area (Å²) in [5.41, 5.74) is 1.58. The fourth-order valence-electron chi connectivity index (χ4n) is 4.90. The van der Waals surface area contributed by atoms with Crippen molar-refractivity contribution in [3.8, 4) is 0 Å². The standard InChI is InChI=1S/C26H34N6O4.C2HF3O2/c33-24(27-19-4-1-2-5-19)22-17-36-23(30-22)16-31-12-14-32(15-13-31)25(34)18-8-10-21(11-9-18)29-26(35)28-20-6-3-7-20;3-2(4,5)1(6)7/h8-11,17,19-20H,1-7,12-16H2,(H,27,33)(H2,28,29,35);(H,6,7). The van der Waals surface area contributed by atoms with E-state index in [-0.39, 0.29) is 29.9 Å². The molecule has 1 aliphatic heterocycles. The first-order valence-electron chi connectivity index (χ1n) is 14.2. The van der Waals surface area contributed by atoms with Crippen LogP contribution in [0.25, 0.3) is 0 Å². The van der Waals surface area contributed by atoms with Gasteiger partial charge in [0.1, 0.15) is 6.26 Å². The van der Waals surface area contributed by atoms with Gasteiger partial charge in [0.2, 0.25) is 5.89 Å². The van der Waals surface area contributed by atoms with Gasteiger partial charge in [0.25, 0.3) is 11.8 Å². The summed E-state index contributed by atoms with van der Waals surface area (Å²) in [7, 11) is 0. The molecule has 4 amide bonds. The molecule has 2 aliphatic carbocycles. The molecular weight excluding hydrogens is 573 g/mol. The summed E-state index contributed by atoms with van der Waals surface area (Å²) in [4.78, 5) is 54.6. The van der Waals surface area contributed by atoms with Crippen molar-refractivity contribution in [2.24, 2.45) is 0 Å². The van der Waals surface area contributed by atoms with E-state index in [1.807, 2.05) is 4.90 Å². The number of anilines is 1. The highest BCUT2D eigenvalue weighted by Crippen LogP contribution is 2.20. The van der Waals surface area contributed by atoms with E-state index in [4.69, 9.17) is 14.3 Å². The Morgan fingerprint density at radius 2 is 1.49 bits per heavy atom. The lowest BCUT2D eigenvalue weighted by molar-refractivity contribution is -0.192. The molecule has 43 heavy (non-hydrogen) atoms. The largest absolute Gasteiger partial charge is 0.490 e.